The van der Waals surface area contributed by atoms with Gasteiger partial charge in [0, 0.05) is 4.90 Å². The van der Waals surface area contributed by atoms with Crippen LogP contribution in [0.4, 0.5) is 0 Å². The van der Waals surface area contributed by atoms with Crippen molar-refractivity contribution in [1.82, 2.24) is 15.4 Å². The first-order valence-corrected chi connectivity index (χ1v) is 6.44. The second-order valence-electron chi connectivity index (χ2n) is 3.68. The summed E-state index contributed by atoms with van der Waals surface area (Å²) in [5.74, 6) is 0. The van der Waals surface area contributed by atoms with E-state index in [4.69, 9.17) is 0 Å². The Morgan fingerprint density at radius 1 is 1.24 bits per heavy atom. The lowest BCUT2D eigenvalue weighted by Gasteiger charge is -2.04. The number of nitrogens with one attached hydrogen (secondary N) is 1. The van der Waals surface area contributed by atoms with Gasteiger partial charge in [0.1, 0.15) is 11.0 Å². The van der Waals surface area contributed by atoms with E-state index in [1.165, 1.54) is 0 Å². The predicted octanol–water partition coefficient (Wildman–Crippen LogP) is 3.79. The van der Waals surface area contributed by atoms with Gasteiger partial charge < -0.3 is 0 Å². The van der Waals surface area contributed by atoms with E-state index >= 15 is 0 Å². The molecule has 0 unspecified atom stereocenters. The van der Waals surface area contributed by atoms with Gasteiger partial charge in [-0.3, -0.25) is 0 Å². The topological polar surface area (TPSA) is 41.6 Å². The van der Waals surface area contributed by atoms with Gasteiger partial charge in [-0.25, -0.2) is 0 Å². The molecule has 88 valence electrons. The number of nitrogens with zero attached hydrogens (tertiary/aromatic N) is 2. The zero-order valence-electron chi connectivity index (χ0n) is 9.31. The average molecular weight is 263 g/mol. The fraction of sp³-hybridized carbons (Fsp3) is 0.167. The van der Waals surface area contributed by atoms with Gasteiger partial charge in [0.2, 0.25) is 0 Å². The first-order chi connectivity index (χ1) is 8.15. The van der Waals surface area contributed by atoms with E-state index in [1.807, 2.05) is 18.2 Å². The zero-order valence-corrected chi connectivity index (χ0v) is 11.0. The van der Waals surface area contributed by atoms with Crippen molar-refractivity contribution < 1.29 is 0 Å². The lowest BCUT2D eigenvalue weighted by molar-refractivity contribution is 0.959. The molecule has 0 spiro atoms. The van der Waals surface area contributed by atoms with Gasteiger partial charge in [0.25, 0.3) is 0 Å². The van der Waals surface area contributed by atoms with Crippen molar-refractivity contribution in [1.29, 1.82) is 0 Å². The minimum absolute atomic E-state index is 0.862. The standard InChI is InChI=1S/C12H13N3S2/c1-8(16)3-4-9(2)17-10-5-6-11-12(7-10)14-15-13-11/h5-7,16H,1-4H2,(H,13,14,15). The summed E-state index contributed by atoms with van der Waals surface area (Å²) in [6, 6.07) is 5.98. The molecule has 5 heteroatoms. The molecule has 0 radical (unpaired) electrons. The highest BCUT2D eigenvalue weighted by atomic mass is 32.2. The van der Waals surface area contributed by atoms with E-state index in [2.05, 4.69) is 41.2 Å². The Bertz CT molecular complexity index is 560. The van der Waals surface area contributed by atoms with Crippen LogP contribution < -0.4 is 0 Å². The Balaban J connectivity index is 2.02. The van der Waals surface area contributed by atoms with E-state index in [0.29, 0.717) is 0 Å². The van der Waals surface area contributed by atoms with E-state index in [9.17, 15) is 0 Å². The average Bonchev–Trinajstić information content (AvgIpc) is 2.73. The van der Waals surface area contributed by atoms with Gasteiger partial charge in [-0.2, -0.15) is 15.4 Å². The van der Waals surface area contributed by atoms with Crippen LogP contribution in [0.3, 0.4) is 0 Å². The van der Waals surface area contributed by atoms with Gasteiger partial charge in [0.15, 0.2) is 0 Å². The number of thiol groups is 1. The normalized spacial score (nSPS) is 10.6. The summed E-state index contributed by atoms with van der Waals surface area (Å²) in [6.07, 6.45) is 1.75. The van der Waals surface area contributed by atoms with Crippen LogP contribution in [0.5, 0.6) is 0 Å². The molecule has 0 aliphatic carbocycles. The second kappa shape index (κ2) is 5.42. The molecule has 1 N–H and O–H groups in total. The van der Waals surface area contributed by atoms with Crippen molar-refractivity contribution >= 4 is 35.4 Å². The summed E-state index contributed by atoms with van der Waals surface area (Å²) >= 11 is 5.82. The second-order valence-corrected chi connectivity index (χ2v) is 5.57. The molecule has 0 bridgehead atoms. The van der Waals surface area contributed by atoms with Crippen molar-refractivity contribution in [3.8, 4) is 0 Å². The SMILES string of the molecule is C=C(S)CCC(=C)Sc1ccc2n[nH]nc2c1. The van der Waals surface area contributed by atoms with E-state index in [1.54, 1.807) is 11.8 Å². The molecule has 0 fully saturated rings. The van der Waals surface area contributed by atoms with Crippen molar-refractivity contribution in [3.63, 3.8) is 0 Å². The molecule has 1 aromatic heterocycles. The minimum Gasteiger partial charge on any atom is -0.197 e. The Labute approximate surface area is 110 Å². The van der Waals surface area contributed by atoms with Gasteiger partial charge in [-0.05, 0) is 40.9 Å². The van der Waals surface area contributed by atoms with Crippen LogP contribution in [0.15, 0.2) is 46.1 Å². The number of aromatic amines is 1. The molecular formula is C12H13N3S2. The van der Waals surface area contributed by atoms with E-state index < -0.39 is 0 Å². The van der Waals surface area contributed by atoms with Crippen LogP contribution in [0.2, 0.25) is 0 Å². The van der Waals surface area contributed by atoms with Crippen LogP contribution in [0.1, 0.15) is 12.8 Å². The maximum absolute atomic E-state index is 4.17. The quantitative estimate of drug-likeness (QED) is 0.637. The smallest absolute Gasteiger partial charge is 0.114 e. The summed E-state index contributed by atoms with van der Waals surface area (Å²) in [5, 5.41) is 10.7. The summed E-state index contributed by atoms with van der Waals surface area (Å²) in [7, 11) is 0. The van der Waals surface area contributed by atoms with Gasteiger partial charge in [0.05, 0.1) is 0 Å². The lowest BCUT2D eigenvalue weighted by atomic mass is 10.3. The first-order valence-electron chi connectivity index (χ1n) is 5.18. The van der Waals surface area contributed by atoms with Crippen molar-refractivity contribution in [3.05, 3.63) is 41.2 Å². The van der Waals surface area contributed by atoms with Crippen molar-refractivity contribution in [2.45, 2.75) is 17.7 Å². The fourth-order valence-electron chi connectivity index (χ4n) is 1.38. The van der Waals surface area contributed by atoms with Gasteiger partial charge in [-0.15, -0.1) is 12.6 Å². The zero-order chi connectivity index (χ0) is 12.3. The van der Waals surface area contributed by atoms with Crippen molar-refractivity contribution in [2.75, 3.05) is 0 Å². The minimum atomic E-state index is 0.862. The van der Waals surface area contributed by atoms with Crippen LogP contribution in [0.25, 0.3) is 11.0 Å². The Kier molecular flexibility index (Phi) is 3.91. The number of fused-ring (bicyclic) bond motifs is 1. The number of aromatic nitrogens is 3. The van der Waals surface area contributed by atoms with Gasteiger partial charge in [-0.1, -0.05) is 24.9 Å². The van der Waals surface area contributed by atoms with E-state index in [-0.39, 0.29) is 0 Å². The number of allylic oxidation sites excluding steroid dienone is 2. The third-order valence-corrected chi connectivity index (χ3v) is 3.45. The number of rotatable bonds is 5. The molecule has 2 rings (SSSR count). The van der Waals surface area contributed by atoms with Gasteiger partial charge >= 0.3 is 0 Å². The first kappa shape index (κ1) is 12.3. The summed E-state index contributed by atoms with van der Waals surface area (Å²) in [5.41, 5.74) is 1.75. The fourth-order valence-corrected chi connectivity index (χ4v) is 2.34. The van der Waals surface area contributed by atoms with E-state index in [0.717, 1.165) is 38.6 Å². The monoisotopic (exact) mass is 263 g/mol. The molecule has 0 saturated carbocycles. The molecule has 17 heavy (non-hydrogen) atoms. The van der Waals surface area contributed by atoms with Crippen LogP contribution in [0, 0.1) is 0 Å². The molecule has 2 aromatic rings. The predicted molar refractivity (Wildman–Crippen MR) is 76.2 cm³/mol. The Morgan fingerprint density at radius 2 is 2.00 bits per heavy atom. The molecule has 0 aliphatic heterocycles. The number of H-pyrrole nitrogens is 1. The largest absolute Gasteiger partial charge is 0.197 e. The molecular weight excluding hydrogens is 250 g/mol. The molecule has 1 aromatic carbocycles. The highest BCUT2D eigenvalue weighted by molar-refractivity contribution is 8.03. The van der Waals surface area contributed by atoms with Crippen LogP contribution in [-0.4, -0.2) is 15.4 Å². The third-order valence-electron chi connectivity index (χ3n) is 2.24. The molecule has 0 aliphatic rings. The summed E-state index contributed by atoms with van der Waals surface area (Å²) in [4.78, 5) is 3.11. The highest BCUT2D eigenvalue weighted by Crippen LogP contribution is 2.30. The van der Waals surface area contributed by atoms with Crippen molar-refractivity contribution in [2.24, 2.45) is 0 Å². The van der Waals surface area contributed by atoms with Crippen LogP contribution in [-0.2, 0) is 0 Å². The van der Waals surface area contributed by atoms with Crippen LogP contribution >= 0.6 is 24.4 Å². The molecule has 0 atom stereocenters. The molecule has 3 nitrogen and oxygen atoms in total. The number of thioether (sulfide) groups is 1. The molecule has 1 heterocycles. The lowest BCUT2D eigenvalue weighted by Crippen LogP contribution is -1.79. The summed E-state index contributed by atoms with van der Waals surface area (Å²) < 4.78 is 0. The molecule has 0 amide bonds. The highest BCUT2D eigenvalue weighted by Gasteiger charge is 2.03. The number of hydrogen-bond donors (Lipinski definition) is 2. The number of hydrogen-bond acceptors (Lipinski definition) is 4. The maximum atomic E-state index is 4.17. The Hall–Kier alpha value is -1.20. The maximum Gasteiger partial charge on any atom is 0.114 e. The number of benzene rings is 1. The molecule has 0 saturated heterocycles. The Morgan fingerprint density at radius 3 is 2.76 bits per heavy atom. The third kappa shape index (κ3) is 3.38. The summed E-state index contributed by atoms with van der Waals surface area (Å²) in [6.45, 7) is 7.79.